The second-order valence-corrected chi connectivity index (χ2v) is 3.02. The fraction of sp³-hybridized carbons (Fsp3) is 0.400. The Morgan fingerprint density at radius 2 is 1.50 bits per heavy atom. The quantitative estimate of drug-likeness (QED) is 0.566. The van der Waals surface area contributed by atoms with Crippen LogP contribution in [0.4, 0.5) is 5.69 Å². The predicted octanol–water partition coefficient (Wildman–Crippen LogP) is 3.33. The van der Waals surface area contributed by atoms with Crippen LogP contribution in [0.5, 0.6) is 0 Å². The lowest BCUT2D eigenvalue weighted by atomic mass is 10.1. The second kappa shape index (κ2) is 3.48. The summed E-state index contributed by atoms with van der Waals surface area (Å²) in [6, 6.07) is 4.21. The van der Waals surface area contributed by atoms with Gasteiger partial charge >= 0.3 is 0 Å². The molecule has 0 atom stereocenters. The Labute approximate surface area is 73.3 Å². The molecule has 0 saturated heterocycles. The molecule has 1 aromatic rings. The van der Waals surface area contributed by atoms with Crippen LogP contribution in [0.25, 0.3) is 0 Å². The Balaban J connectivity index is 3.23. The molecule has 0 aliphatic rings. The molecule has 0 aromatic heterocycles. The Bertz CT molecular complexity index is 314. The van der Waals surface area contributed by atoms with Crippen LogP contribution in [0, 0.1) is 20.8 Å². The molecule has 0 heterocycles. The number of azo groups is 1. The van der Waals surface area contributed by atoms with Crippen molar-refractivity contribution in [1.29, 1.82) is 0 Å². The Kier molecular flexibility index (Phi) is 2.58. The third-order valence-electron chi connectivity index (χ3n) is 2.02. The van der Waals surface area contributed by atoms with Crippen LogP contribution >= 0.6 is 0 Å². The standard InChI is InChI=1S/C10H14N2/c1-7-5-9(3)10(12-11-4)6-8(7)2/h5-6H,1-4H3. The molecule has 0 saturated carbocycles. The van der Waals surface area contributed by atoms with E-state index in [2.05, 4.69) is 43.1 Å². The SMILES string of the molecule is CN=Nc1cc(C)c(C)cc1C. The molecule has 12 heavy (non-hydrogen) atoms. The molecule has 0 bridgehead atoms. The van der Waals surface area contributed by atoms with Crippen molar-refractivity contribution in [2.75, 3.05) is 7.05 Å². The molecule has 64 valence electrons. The zero-order valence-electron chi connectivity index (χ0n) is 8.05. The molecular formula is C10H14N2. The molecule has 1 rings (SSSR count). The van der Waals surface area contributed by atoms with Crippen molar-refractivity contribution in [2.45, 2.75) is 20.8 Å². The summed E-state index contributed by atoms with van der Waals surface area (Å²) in [4.78, 5) is 0. The predicted molar refractivity (Wildman–Crippen MR) is 51.1 cm³/mol. The first-order valence-electron chi connectivity index (χ1n) is 4.03. The molecule has 2 nitrogen and oxygen atoms in total. The van der Waals surface area contributed by atoms with Gasteiger partial charge in [0.05, 0.1) is 5.69 Å². The number of benzene rings is 1. The summed E-state index contributed by atoms with van der Waals surface area (Å²) >= 11 is 0. The molecule has 2 heteroatoms. The highest BCUT2D eigenvalue weighted by Gasteiger charge is 1.99. The lowest BCUT2D eigenvalue weighted by Crippen LogP contribution is -1.82. The van der Waals surface area contributed by atoms with Gasteiger partial charge in [0, 0.05) is 7.05 Å². The van der Waals surface area contributed by atoms with Gasteiger partial charge in [-0.1, -0.05) is 6.07 Å². The van der Waals surface area contributed by atoms with Gasteiger partial charge in [-0.05, 0) is 43.5 Å². The molecule has 0 radical (unpaired) electrons. The highest BCUT2D eigenvalue weighted by atomic mass is 15.1. The van der Waals surface area contributed by atoms with Crippen LogP contribution in [0.3, 0.4) is 0 Å². The Morgan fingerprint density at radius 1 is 0.917 bits per heavy atom. The van der Waals surface area contributed by atoms with Crippen molar-refractivity contribution in [3.05, 3.63) is 28.8 Å². The lowest BCUT2D eigenvalue weighted by molar-refractivity contribution is 1.14. The number of hydrogen-bond acceptors (Lipinski definition) is 2. The molecule has 0 aliphatic heterocycles. The molecule has 0 unspecified atom stereocenters. The topological polar surface area (TPSA) is 24.7 Å². The number of hydrogen-bond donors (Lipinski definition) is 0. The minimum absolute atomic E-state index is 0.973. The third kappa shape index (κ3) is 1.70. The number of rotatable bonds is 1. The Hall–Kier alpha value is -1.18. The summed E-state index contributed by atoms with van der Waals surface area (Å²) in [6.07, 6.45) is 0. The summed E-state index contributed by atoms with van der Waals surface area (Å²) in [7, 11) is 1.69. The van der Waals surface area contributed by atoms with Gasteiger partial charge in [-0.3, -0.25) is 0 Å². The van der Waals surface area contributed by atoms with Gasteiger partial charge in [-0.15, -0.1) is 0 Å². The average molecular weight is 162 g/mol. The first-order chi connectivity index (χ1) is 5.65. The van der Waals surface area contributed by atoms with E-state index in [1.54, 1.807) is 7.05 Å². The highest BCUT2D eigenvalue weighted by molar-refractivity contribution is 5.49. The molecule has 0 N–H and O–H groups in total. The smallest absolute Gasteiger partial charge is 0.0884 e. The molecule has 0 aliphatic carbocycles. The monoisotopic (exact) mass is 162 g/mol. The van der Waals surface area contributed by atoms with Crippen LogP contribution in [0.1, 0.15) is 16.7 Å². The maximum Gasteiger partial charge on any atom is 0.0884 e. The van der Waals surface area contributed by atoms with E-state index in [1.807, 2.05) is 0 Å². The van der Waals surface area contributed by atoms with E-state index in [9.17, 15) is 0 Å². The van der Waals surface area contributed by atoms with Crippen LogP contribution in [0.2, 0.25) is 0 Å². The van der Waals surface area contributed by atoms with Crippen molar-refractivity contribution in [3.8, 4) is 0 Å². The van der Waals surface area contributed by atoms with Gasteiger partial charge in [-0.2, -0.15) is 10.2 Å². The van der Waals surface area contributed by atoms with Crippen molar-refractivity contribution in [1.82, 2.24) is 0 Å². The summed E-state index contributed by atoms with van der Waals surface area (Å²) in [6.45, 7) is 6.25. The van der Waals surface area contributed by atoms with Crippen molar-refractivity contribution in [2.24, 2.45) is 10.2 Å². The van der Waals surface area contributed by atoms with Crippen molar-refractivity contribution < 1.29 is 0 Å². The van der Waals surface area contributed by atoms with Crippen LogP contribution < -0.4 is 0 Å². The number of nitrogens with zero attached hydrogens (tertiary/aromatic N) is 2. The van der Waals surface area contributed by atoms with Crippen LogP contribution in [-0.2, 0) is 0 Å². The molecular weight excluding hydrogens is 148 g/mol. The molecule has 1 aromatic carbocycles. The van der Waals surface area contributed by atoms with E-state index in [-0.39, 0.29) is 0 Å². The lowest BCUT2D eigenvalue weighted by Gasteiger charge is -2.03. The summed E-state index contributed by atoms with van der Waals surface area (Å²) < 4.78 is 0. The van der Waals surface area contributed by atoms with E-state index >= 15 is 0 Å². The van der Waals surface area contributed by atoms with Gasteiger partial charge in [-0.25, -0.2) is 0 Å². The minimum Gasteiger partial charge on any atom is -0.192 e. The normalized spacial score (nSPS) is 11.0. The second-order valence-electron chi connectivity index (χ2n) is 3.02. The number of aryl methyl sites for hydroxylation is 3. The average Bonchev–Trinajstić information content (AvgIpc) is 2.01. The van der Waals surface area contributed by atoms with Crippen molar-refractivity contribution >= 4 is 5.69 Å². The first-order valence-corrected chi connectivity index (χ1v) is 4.03. The van der Waals surface area contributed by atoms with Gasteiger partial charge in [0.15, 0.2) is 0 Å². The van der Waals surface area contributed by atoms with E-state index in [0.717, 1.165) is 5.69 Å². The molecule has 0 amide bonds. The summed E-state index contributed by atoms with van der Waals surface area (Å²) in [5.41, 5.74) is 4.73. The maximum atomic E-state index is 4.03. The fourth-order valence-electron chi connectivity index (χ4n) is 1.16. The van der Waals surface area contributed by atoms with Gasteiger partial charge in [0.1, 0.15) is 0 Å². The van der Waals surface area contributed by atoms with E-state index in [4.69, 9.17) is 0 Å². The first kappa shape index (κ1) is 8.91. The fourth-order valence-corrected chi connectivity index (χ4v) is 1.16. The van der Waals surface area contributed by atoms with Crippen molar-refractivity contribution in [3.63, 3.8) is 0 Å². The summed E-state index contributed by atoms with van der Waals surface area (Å²) in [5, 5.41) is 7.80. The van der Waals surface area contributed by atoms with Crippen LogP contribution in [-0.4, -0.2) is 7.05 Å². The Morgan fingerprint density at radius 3 is 2.08 bits per heavy atom. The van der Waals surface area contributed by atoms with E-state index < -0.39 is 0 Å². The minimum atomic E-state index is 0.973. The largest absolute Gasteiger partial charge is 0.192 e. The van der Waals surface area contributed by atoms with Gasteiger partial charge < -0.3 is 0 Å². The van der Waals surface area contributed by atoms with Gasteiger partial charge in [0.25, 0.3) is 0 Å². The highest BCUT2D eigenvalue weighted by Crippen LogP contribution is 2.22. The van der Waals surface area contributed by atoms with Gasteiger partial charge in [0.2, 0.25) is 0 Å². The molecule has 0 spiro atoms. The third-order valence-corrected chi connectivity index (χ3v) is 2.02. The zero-order valence-corrected chi connectivity index (χ0v) is 8.05. The summed E-state index contributed by atoms with van der Waals surface area (Å²) in [5.74, 6) is 0. The zero-order chi connectivity index (χ0) is 9.14. The maximum absolute atomic E-state index is 4.03. The van der Waals surface area contributed by atoms with Crippen LogP contribution in [0.15, 0.2) is 22.4 Å². The van der Waals surface area contributed by atoms with E-state index in [1.165, 1.54) is 16.7 Å². The van der Waals surface area contributed by atoms with E-state index in [0.29, 0.717) is 0 Å². The molecule has 0 fully saturated rings.